The molecular weight excluding hydrogens is 331 g/mol. The first-order valence-electron chi connectivity index (χ1n) is 7.64. The number of carbonyl (C=O) groups is 1. The highest BCUT2D eigenvalue weighted by Gasteiger charge is 2.25. The van der Waals surface area contributed by atoms with Crippen molar-refractivity contribution in [2.45, 2.75) is 31.8 Å². The number of anilines is 1. The Labute approximate surface area is 146 Å². The van der Waals surface area contributed by atoms with E-state index in [1.54, 1.807) is 18.2 Å². The summed E-state index contributed by atoms with van der Waals surface area (Å²) in [7, 11) is 0. The summed E-state index contributed by atoms with van der Waals surface area (Å²) in [6, 6.07) is 13.3. The normalized spacial score (nSPS) is 17.6. The van der Waals surface area contributed by atoms with E-state index in [0.717, 1.165) is 12.8 Å². The second kappa shape index (κ2) is 6.91. The average molecular weight is 349 g/mol. The molecule has 0 spiro atoms. The minimum absolute atomic E-state index is 0.104. The number of rotatable bonds is 4. The molecule has 3 rings (SSSR count). The molecule has 1 aliphatic rings. The maximum absolute atomic E-state index is 12.4. The Kier molecular flexibility index (Phi) is 4.90. The number of hydrogen-bond acceptors (Lipinski definition) is 2. The van der Waals surface area contributed by atoms with Crippen molar-refractivity contribution in [3.63, 3.8) is 0 Å². The van der Waals surface area contributed by atoms with E-state index in [4.69, 9.17) is 23.2 Å². The molecule has 23 heavy (non-hydrogen) atoms. The summed E-state index contributed by atoms with van der Waals surface area (Å²) < 4.78 is 0. The second-order valence-electron chi connectivity index (χ2n) is 5.83. The van der Waals surface area contributed by atoms with Gasteiger partial charge in [-0.05, 0) is 49.1 Å². The van der Waals surface area contributed by atoms with Crippen molar-refractivity contribution < 1.29 is 4.79 Å². The molecule has 0 aliphatic heterocycles. The lowest BCUT2D eigenvalue weighted by Crippen LogP contribution is -2.39. The van der Waals surface area contributed by atoms with Crippen LogP contribution in [0.15, 0.2) is 42.5 Å². The summed E-state index contributed by atoms with van der Waals surface area (Å²) in [5, 5.41) is 7.25. The van der Waals surface area contributed by atoms with Crippen LogP contribution in [0.25, 0.3) is 0 Å². The molecule has 0 aromatic heterocycles. The Morgan fingerprint density at radius 2 is 1.87 bits per heavy atom. The van der Waals surface area contributed by atoms with Crippen LogP contribution in [0.1, 0.15) is 30.5 Å². The Morgan fingerprint density at radius 1 is 1.17 bits per heavy atom. The Hall–Kier alpha value is -1.55. The number of aryl methyl sites for hydroxylation is 1. The average Bonchev–Trinajstić information content (AvgIpc) is 2.89. The first-order chi connectivity index (χ1) is 11.0. The fraction of sp³-hybridized carbons (Fsp3) is 0.278. The topological polar surface area (TPSA) is 41.1 Å². The molecule has 0 saturated carbocycles. The number of benzene rings is 2. The number of carbonyl (C=O) groups excluding carboxylic acids is 1. The largest absolute Gasteiger partial charge is 0.325 e. The van der Waals surface area contributed by atoms with Crippen molar-refractivity contribution in [3.05, 3.63) is 63.6 Å². The van der Waals surface area contributed by atoms with Gasteiger partial charge in [-0.25, -0.2) is 0 Å². The number of amides is 1. The number of fused-ring (bicyclic) bond motifs is 1. The lowest BCUT2D eigenvalue weighted by Gasteiger charge is -2.20. The highest BCUT2D eigenvalue weighted by atomic mass is 35.5. The van der Waals surface area contributed by atoms with Gasteiger partial charge < -0.3 is 5.32 Å². The molecule has 3 nitrogen and oxygen atoms in total. The molecule has 2 N–H and O–H groups in total. The Balaban J connectivity index is 1.64. The third kappa shape index (κ3) is 3.86. The molecule has 5 heteroatoms. The smallest absolute Gasteiger partial charge is 0.241 e. The van der Waals surface area contributed by atoms with Gasteiger partial charge in [0.1, 0.15) is 0 Å². The van der Waals surface area contributed by atoms with Crippen molar-refractivity contribution in [1.82, 2.24) is 5.32 Å². The van der Waals surface area contributed by atoms with E-state index >= 15 is 0 Å². The number of hydrogen-bond donors (Lipinski definition) is 2. The van der Waals surface area contributed by atoms with E-state index in [-0.39, 0.29) is 18.0 Å². The number of nitrogens with one attached hydrogen (secondary N) is 2. The third-order valence-corrected chi connectivity index (χ3v) is 4.54. The zero-order chi connectivity index (χ0) is 16.4. The van der Waals surface area contributed by atoms with Crippen LogP contribution in [0, 0.1) is 0 Å². The van der Waals surface area contributed by atoms with Crippen LogP contribution in [0.2, 0.25) is 10.0 Å². The minimum Gasteiger partial charge on any atom is -0.325 e. The van der Waals surface area contributed by atoms with Gasteiger partial charge in [-0.2, -0.15) is 0 Å². The summed E-state index contributed by atoms with van der Waals surface area (Å²) in [5.74, 6) is -0.104. The van der Waals surface area contributed by atoms with Crippen molar-refractivity contribution >= 4 is 34.8 Å². The van der Waals surface area contributed by atoms with Crippen molar-refractivity contribution in [1.29, 1.82) is 0 Å². The van der Waals surface area contributed by atoms with E-state index in [1.807, 2.05) is 13.0 Å². The van der Waals surface area contributed by atoms with E-state index in [0.29, 0.717) is 15.7 Å². The predicted molar refractivity (Wildman–Crippen MR) is 95.2 cm³/mol. The Morgan fingerprint density at radius 3 is 2.61 bits per heavy atom. The summed E-state index contributed by atoms with van der Waals surface area (Å²) in [5.41, 5.74) is 3.25. The third-order valence-electron chi connectivity index (χ3n) is 4.11. The molecule has 2 atom stereocenters. The quantitative estimate of drug-likeness (QED) is 0.847. The monoisotopic (exact) mass is 348 g/mol. The maximum Gasteiger partial charge on any atom is 0.241 e. The van der Waals surface area contributed by atoms with Crippen LogP contribution in [0.5, 0.6) is 0 Å². The van der Waals surface area contributed by atoms with Crippen molar-refractivity contribution in [2.75, 3.05) is 5.32 Å². The van der Waals surface area contributed by atoms with Crippen molar-refractivity contribution in [2.24, 2.45) is 0 Å². The molecule has 0 saturated heterocycles. The van der Waals surface area contributed by atoms with Gasteiger partial charge in [0, 0.05) is 21.8 Å². The summed E-state index contributed by atoms with van der Waals surface area (Å²) in [4.78, 5) is 12.4. The molecule has 2 aromatic carbocycles. The van der Waals surface area contributed by atoms with Gasteiger partial charge in [0.05, 0.1) is 6.04 Å². The zero-order valence-electron chi connectivity index (χ0n) is 12.8. The van der Waals surface area contributed by atoms with Crippen LogP contribution < -0.4 is 10.6 Å². The SMILES string of the molecule is C[C@H](N[C@H]1CCc2ccccc21)C(=O)Nc1cc(Cl)cc(Cl)c1. The molecule has 1 aliphatic carbocycles. The van der Waals surface area contributed by atoms with Gasteiger partial charge in [0.25, 0.3) is 0 Å². The molecular formula is C18H18Cl2N2O. The highest BCUT2D eigenvalue weighted by molar-refractivity contribution is 6.35. The van der Waals surface area contributed by atoms with E-state index in [2.05, 4.69) is 28.8 Å². The molecule has 0 heterocycles. The summed E-state index contributed by atoms with van der Waals surface area (Å²) in [6.45, 7) is 1.86. The van der Waals surface area contributed by atoms with Crippen LogP contribution in [-0.4, -0.2) is 11.9 Å². The molecule has 2 aromatic rings. The predicted octanol–water partition coefficient (Wildman–Crippen LogP) is 4.60. The lowest BCUT2D eigenvalue weighted by atomic mass is 10.1. The van der Waals surface area contributed by atoms with Crippen LogP contribution in [0.3, 0.4) is 0 Å². The fourth-order valence-corrected chi connectivity index (χ4v) is 3.51. The van der Waals surface area contributed by atoms with Gasteiger partial charge in [0.2, 0.25) is 5.91 Å². The van der Waals surface area contributed by atoms with Gasteiger partial charge in [-0.3, -0.25) is 10.1 Å². The lowest BCUT2D eigenvalue weighted by molar-refractivity contribution is -0.118. The first-order valence-corrected chi connectivity index (χ1v) is 8.39. The van der Waals surface area contributed by atoms with E-state index in [9.17, 15) is 4.79 Å². The van der Waals surface area contributed by atoms with Gasteiger partial charge in [0.15, 0.2) is 0 Å². The second-order valence-corrected chi connectivity index (χ2v) is 6.70. The summed E-state index contributed by atoms with van der Waals surface area (Å²) >= 11 is 11.9. The van der Waals surface area contributed by atoms with E-state index in [1.165, 1.54) is 11.1 Å². The Bertz CT molecular complexity index is 712. The van der Waals surface area contributed by atoms with Crippen LogP contribution >= 0.6 is 23.2 Å². The fourth-order valence-electron chi connectivity index (χ4n) is 2.98. The molecule has 0 bridgehead atoms. The number of halogens is 2. The highest BCUT2D eigenvalue weighted by Crippen LogP contribution is 2.31. The molecule has 120 valence electrons. The molecule has 0 fully saturated rings. The van der Waals surface area contributed by atoms with Crippen molar-refractivity contribution in [3.8, 4) is 0 Å². The summed E-state index contributed by atoms with van der Waals surface area (Å²) in [6.07, 6.45) is 2.06. The van der Waals surface area contributed by atoms with Gasteiger partial charge in [-0.1, -0.05) is 47.5 Å². The molecule has 0 radical (unpaired) electrons. The standard InChI is InChI=1S/C18H18Cl2N2O/c1-11(18(23)22-15-9-13(19)8-14(20)10-15)21-17-7-6-12-4-2-3-5-16(12)17/h2-5,8-11,17,21H,6-7H2,1H3,(H,22,23)/t11-,17-/m0/s1. The minimum atomic E-state index is -0.316. The zero-order valence-corrected chi connectivity index (χ0v) is 14.3. The maximum atomic E-state index is 12.4. The van der Waals surface area contributed by atoms with Gasteiger partial charge in [-0.15, -0.1) is 0 Å². The van der Waals surface area contributed by atoms with Crippen LogP contribution in [0.4, 0.5) is 5.69 Å². The van der Waals surface area contributed by atoms with E-state index < -0.39 is 0 Å². The van der Waals surface area contributed by atoms with Crippen LogP contribution in [-0.2, 0) is 11.2 Å². The first kappa shape index (κ1) is 16.3. The molecule has 0 unspecified atom stereocenters. The molecule has 1 amide bonds. The van der Waals surface area contributed by atoms with Gasteiger partial charge >= 0.3 is 0 Å².